The van der Waals surface area contributed by atoms with Crippen LogP contribution in [-0.4, -0.2) is 64.3 Å². The van der Waals surface area contributed by atoms with Gasteiger partial charge in [-0.15, -0.1) is 0 Å². The molecule has 0 aliphatic carbocycles. The summed E-state index contributed by atoms with van der Waals surface area (Å²) in [4.78, 5) is 35.7. The third-order valence-electron chi connectivity index (χ3n) is 6.92. The van der Waals surface area contributed by atoms with E-state index in [1.807, 2.05) is 11.0 Å². The molecule has 4 rings (SSSR count). The lowest BCUT2D eigenvalue weighted by Gasteiger charge is -2.32. The van der Waals surface area contributed by atoms with Crippen LogP contribution >= 0.6 is 23.2 Å². The molecule has 1 N–H and O–H groups in total. The Morgan fingerprint density at radius 1 is 1.06 bits per heavy atom. The highest BCUT2D eigenvalue weighted by Crippen LogP contribution is 2.37. The normalized spacial score (nSPS) is 21.1. The van der Waals surface area contributed by atoms with Crippen LogP contribution in [0.1, 0.15) is 36.9 Å². The van der Waals surface area contributed by atoms with Gasteiger partial charge in [0.1, 0.15) is 17.8 Å². The summed E-state index contributed by atoms with van der Waals surface area (Å²) in [7, 11) is 0. The number of alkyl halides is 3. The van der Waals surface area contributed by atoms with Gasteiger partial charge >= 0.3 is 6.18 Å². The summed E-state index contributed by atoms with van der Waals surface area (Å²) in [6, 6.07) is 6.20. The molecule has 2 aliphatic heterocycles. The van der Waals surface area contributed by atoms with Gasteiger partial charge in [0.05, 0.1) is 10.0 Å². The van der Waals surface area contributed by atoms with E-state index in [4.69, 9.17) is 23.2 Å². The molecule has 1 aromatic heterocycles. The molecule has 2 fully saturated rings. The SMILES string of the molecule is CC(=O)N1CCC(C(=O)N2CC(c3ccc(Cl)c(Cl)c3)[C@@H](CNc3cc(C(F)(F)F)ncn3)C2)CC1. The number of likely N-dealkylation sites (tertiary alicyclic amines) is 2. The number of piperidine rings is 1. The predicted octanol–water partition coefficient (Wildman–Crippen LogP) is 4.71. The zero-order chi connectivity index (χ0) is 26.0. The lowest BCUT2D eigenvalue weighted by Crippen LogP contribution is -2.43. The second-order valence-corrected chi connectivity index (χ2v) is 10.0. The number of nitrogens with one attached hydrogen (secondary N) is 1. The summed E-state index contributed by atoms with van der Waals surface area (Å²) in [5, 5.41) is 3.80. The smallest absolute Gasteiger partial charge is 0.370 e. The third-order valence-corrected chi connectivity index (χ3v) is 7.66. The first kappa shape index (κ1) is 26.5. The van der Waals surface area contributed by atoms with E-state index < -0.39 is 11.9 Å². The van der Waals surface area contributed by atoms with Crippen LogP contribution in [0.4, 0.5) is 19.0 Å². The van der Waals surface area contributed by atoms with Crippen molar-refractivity contribution in [2.24, 2.45) is 11.8 Å². The minimum absolute atomic E-state index is 0.00583. The Morgan fingerprint density at radius 3 is 2.42 bits per heavy atom. The molecule has 12 heteroatoms. The summed E-state index contributed by atoms with van der Waals surface area (Å²) in [6.45, 7) is 3.81. The van der Waals surface area contributed by atoms with E-state index in [9.17, 15) is 22.8 Å². The number of nitrogens with zero attached hydrogens (tertiary/aromatic N) is 4. The molecule has 0 radical (unpaired) electrons. The van der Waals surface area contributed by atoms with Crippen molar-refractivity contribution < 1.29 is 22.8 Å². The van der Waals surface area contributed by atoms with Gasteiger partial charge in [0.25, 0.3) is 0 Å². The van der Waals surface area contributed by atoms with Crippen LogP contribution in [0, 0.1) is 11.8 Å². The zero-order valence-corrected chi connectivity index (χ0v) is 21.1. The van der Waals surface area contributed by atoms with Crippen molar-refractivity contribution in [3.8, 4) is 0 Å². The fraction of sp³-hybridized carbons (Fsp3) is 0.500. The Bertz CT molecular complexity index is 1130. The van der Waals surface area contributed by atoms with Crippen LogP contribution in [0.25, 0.3) is 0 Å². The van der Waals surface area contributed by atoms with E-state index in [-0.39, 0.29) is 35.4 Å². The molecule has 0 spiro atoms. The number of anilines is 1. The number of hydrogen-bond donors (Lipinski definition) is 1. The minimum Gasteiger partial charge on any atom is -0.370 e. The van der Waals surface area contributed by atoms with Gasteiger partial charge in [-0.1, -0.05) is 29.3 Å². The maximum absolute atomic E-state index is 13.4. The number of rotatable bonds is 5. The Kier molecular flexibility index (Phi) is 7.94. The van der Waals surface area contributed by atoms with Gasteiger partial charge in [-0.25, -0.2) is 9.97 Å². The van der Waals surface area contributed by atoms with Crippen molar-refractivity contribution in [3.05, 3.63) is 51.9 Å². The molecule has 0 bridgehead atoms. The number of aromatic nitrogens is 2. The third kappa shape index (κ3) is 6.03. The summed E-state index contributed by atoms with van der Waals surface area (Å²) >= 11 is 12.3. The summed E-state index contributed by atoms with van der Waals surface area (Å²) in [6.07, 6.45) is -2.48. The molecule has 2 aromatic rings. The van der Waals surface area contributed by atoms with Gasteiger partial charge in [-0.2, -0.15) is 13.2 Å². The quantitative estimate of drug-likeness (QED) is 0.590. The summed E-state index contributed by atoms with van der Waals surface area (Å²) < 4.78 is 39.1. The maximum Gasteiger partial charge on any atom is 0.433 e. The first-order valence-electron chi connectivity index (χ1n) is 11.6. The van der Waals surface area contributed by atoms with E-state index >= 15 is 0 Å². The molecule has 7 nitrogen and oxygen atoms in total. The van der Waals surface area contributed by atoms with Gasteiger partial charge in [-0.3, -0.25) is 9.59 Å². The highest BCUT2D eigenvalue weighted by atomic mass is 35.5. The van der Waals surface area contributed by atoms with Crippen LogP contribution in [0.2, 0.25) is 10.0 Å². The second kappa shape index (κ2) is 10.8. The number of carbonyl (C=O) groups excluding carboxylic acids is 2. The topological polar surface area (TPSA) is 78.4 Å². The van der Waals surface area contributed by atoms with E-state index in [2.05, 4.69) is 15.3 Å². The molecule has 1 aromatic carbocycles. The first-order chi connectivity index (χ1) is 17.0. The number of benzene rings is 1. The highest BCUT2D eigenvalue weighted by Gasteiger charge is 2.39. The second-order valence-electron chi connectivity index (χ2n) is 9.23. The van der Waals surface area contributed by atoms with Crippen LogP contribution < -0.4 is 5.32 Å². The fourth-order valence-corrected chi connectivity index (χ4v) is 5.23. The standard InChI is InChI=1S/C24H26Cl2F3N5O2/c1-14(35)33-6-4-15(5-7-33)23(36)34-11-17(18(12-34)16-2-3-19(25)20(26)8-16)10-30-22-9-21(24(27,28)29)31-13-32-22/h2-3,8-9,13,15,17-18H,4-7,10-12H2,1H3,(H,30,31,32)/t17-,18?/m0/s1. The van der Waals surface area contributed by atoms with Crippen molar-refractivity contribution in [2.75, 3.05) is 38.0 Å². The Labute approximate surface area is 217 Å². The van der Waals surface area contributed by atoms with Gasteiger partial charge in [0, 0.05) is 63.5 Å². The van der Waals surface area contributed by atoms with E-state index in [1.165, 1.54) is 6.92 Å². The van der Waals surface area contributed by atoms with Gasteiger partial charge in [0.15, 0.2) is 0 Å². The van der Waals surface area contributed by atoms with E-state index in [0.29, 0.717) is 55.6 Å². The molecule has 2 saturated heterocycles. The average molecular weight is 544 g/mol. The monoisotopic (exact) mass is 543 g/mol. The Hall–Kier alpha value is -2.59. The van der Waals surface area contributed by atoms with E-state index in [0.717, 1.165) is 18.0 Å². The van der Waals surface area contributed by atoms with Gasteiger partial charge < -0.3 is 15.1 Å². The molecule has 1 unspecified atom stereocenters. The van der Waals surface area contributed by atoms with Crippen molar-refractivity contribution in [3.63, 3.8) is 0 Å². The summed E-state index contributed by atoms with van der Waals surface area (Å²) in [5.41, 5.74) is -0.127. The van der Waals surface area contributed by atoms with Crippen molar-refractivity contribution in [1.29, 1.82) is 0 Å². The molecule has 36 heavy (non-hydrogen) atoms. The lowest BCUT2D eigenvalue weighted by atomic mass is 9.89. The molecule has 2 amide bonds. The summed E-state index contributed by atoms with van der Waals surface area (Å²) in [5.74, 6) is -0.270. The molecule has 2 atom stereocenters. The minimum atomic E-state index is -4.57. The number of hydrogen-bond acceptors (Lipinski definition) is 5. The van der Waals surface area contributed by atoms with Crippen molar-refractivity contribution in [2.45, 2.75) is 31.9 Å². The molecular formula is C24H26Cl2F3N5O2. The van der Waals surface area contributed by atoms with Crippen LogP contribution in [-0.2, 0) is 15.8 Å². The Balaban J connectivity index is 1.49. The fourth-order valence-electron chi connectivity index (χ4n) is 4.92. The zero-order valence-electron chi connectivity index (χ0n) is 19.6. The van der Waals surface area contributed by atoms with Crippen LogP contribution in [0.3, 0.4) is 0 Å². The molecule has 2 aliphatic rings. The van der Waals surface area contributed by atoms with Crippen molar-refractivity contribution in [1.82, 2.24) is 19.8 Å². The van der Waals surface area contributed by atoms with Crippen LogP contribution in [0.15, 0.2) is 30.6 Å². The van der Waals surface area contributed by atoms with Gasteiger partial charge in [-0.05, 0) is 30.5 Å². The van der Waals surface area contributed by atoms with E-state index in [1.54, 1.807) is 17.0 Å². The predicted molar refractivity (Wildman–Crippen MR) is 130 cm³/mol. The van der Waals surface area contributed by atoms with Crippen molar-refractivity contribution >= 4 is 40.8 Å². The Morgan fingerprint density at radius 2 is 1.78 bits per heavy atom. The highest BCUT2D eigenvalue weighted by molar-refractivity contribution is 6.42. The molecule has 3 heterocycles. The number of carbonyl (C=O) groups is 2. The maximum atomic E-state index is 13.4. The average Bonchev–Trinajstić information content (AvgIpc) is 3.28. The molecular weight excluding hydrogens is 518 g/mol. The molecule has 0 saturated carbocycles. The van der Waals surface area contributed by atoms with Gasteiger partial charge in [0.2, 0.25) is 11.8 Å². The number of halogens is 5. The molecule has 194 valence electrons. The van der Waals surface area contributed by atoms with Crippen LogP contribution in [0.5, 0.6) is 0 Å². The first-order valence-corrected chi connectivity index (χ1v) is 12.4. The largest absolute Gasteiger partial charge is 0.433 e. The number of amides is 2. The lowest BCUT2D eigenvalue weighted by molar-refractivity contribution is -0.141.